The number of nitrogens with zero attached hydrogens (tertiary/aromatic N) is 1. The molecular formula is C23H19ClN2O3S. The van der Waals surface area contributed by atoms with E-state index >= 15 is 0 Å². The minimum absolute atomic E-state index is 0.238. The smallest absolute Gasteiger partial charge is 0.282 e. The minimum atomic E-state index is -0.410. The zero-order chi connectivity index (χ0) is 21.3. The highest BCUT2D eigenvalue weighted by molar-refractivity contribution is 7.11. The first-order valence-electron chi connectivity index (χ1n) is 9.43. The molecule has 2 heterocycles. The number of thiophene rings is 1. The van der Waals surface area contributed by atoms with Crippen molar-refractivity contribution in [2.24, 2.45) is 0 Å². The van der Waals surface area contributed by atoms with Crippen molar-refractivity contribution in [2.45, 2.75) is 13.8 Å². The van der Waals surface area contributed by atoms with Crippen molar-refractivity contribution in [3.63, 3.8) is 0 Å². The van der Waals surface area contributed by atoms with Crippen LogP contribution in [0.2, 0.25) is 5.02 Å². The largest absolute Gasteiger partial charge is 0.494 e. The van der Waals surface area contributed by atoms with Gasteiger partial charge >= 0.3 is 0 Å². The van der Waals surface area contributed by atoms with Gasteiger partial charge in [0, 0.05) is 15.6 Å². The van der Waals surface area contributed by atoms with Gasteiger partial charge < -0.3 is 10.1 Å². The van der Waals surface area contributed by atoms with Crippen LogP contribution in [0, 0.1) is 6.92 Å². The lowest BCUT2D eigenvalue weighted by Crippen LogP contribution is -2.32. The van der Waals surface area contributed by atoms with Crippen LogP contribution in [-0.2, 0) is 9.59 Å². The Bertz CT molecular complexity index is 1140. The van der Waals surface area contributed by atoms with Crippen LogP contribution in [0.1, 0.15) is 17.4 Å². The Balaban J connectivity index is 1.76. The zero-order valence-corrected chi connectivity index (χ0v) is 18.0. The summed E-state index contributed by atoms with van der Waals surface area (Å²) in [5.41, 5.74) is 2.56. The van der Waals surface area contributed by atoms with Gasteiger partial charge in [-0.05, 0) is 67.3 Å². The van der Waals surface area contributed by atoms with Gasteiger partial charge in [0.2, 0.25) is 0 Å². The predicted molar refractivity (Wildman–Crippen MR) is 121 cm³/mol. The van der Waals surface area contributed by atoms with Crippen molar-refractivity contribution in [3.05, 3.63) is 81.1 Å². The Hall–Kier alpha value is -3.09. The van der Waals surface area contributed by atoms with Gasteiger partial charge in [-0.1, -0.05) is 23.7 Å². The highest BCUT2D eigenvalue weighted by atomic mass is 35.5. The van der Waals surface area contributed by atoms with Gasteiger partial charge in [0.25, 0.3) is 11.8 Å². The molecule has 7 heteroatoms. The first-order valence-corrected chi connectivity index (χ1v) is 10.7. The SMILES string of the molecule is CCOc1ccc(N2C(=O)C(Nc3cccc(Cl)c3C)=C(c3cccs3)C2=O)cc1. The monoisotopic (exact) mass is 438 g/mol. The van der Waals surface area contributed by atoms with Crippen LogP contribution in [-0.4, -0.2) is 18.4 Å². The Labute approximate surface area is 183 Å². The molecule has 30 heavy (non-hydrogen) atoms. The summed E-state index contributed by atoms with van der Waals surface area (Å²) in [6.07, 6.45) is 0. The lowest BCUT2D eigenvalue weighted by Gasteiger charge is -2.16. The summed E-state index contributed by atoms with van der Waals surface area (Å²) in [4.78, 5) is 28.6. The van der Waals surface area contributed by atoms with E-state index in [1.54, 1.807) is 36.4 Å². The van der Waals surface area contributed by atoms with E-state index in [4.69, 9.17) is 16.3 Å². The molecule has 2 aromatic carbocycles. The van der Waals surface area contributed by atoms with Gasteiger partial charge in [-0.2, -0.15) is 0 Å². The summed E-state index contributed by atoms with van der Waals surface area (Å²) >= 11 is 7.65. The molecule has 0 fully saturated rings. The molecule has 0 radical (unpaired) electrons. The van der Waals surface area contributed by atoms with Gasteiger partial charge in [-0.25, -0.2) is 4.90 Å². The van der Waals surface area contributed by atoms with Crippen LogP contribution >= 0.6 is 22.9 Å². The average molecular weight is 439 g/mol. The molecular weight excluding hydrogens is 420 g/mol. The maximum absolute atomic E-state index is 13.4. The molecule has 1 aliphatic rings. The summed E-state index contributed by atoms with van der Waals surface area (Å²) in [6, 6.07) is 16.0. The number of hydrogen-bond donors (Lipinski definition) is 1. The molecule has 1 aliphatic heterocycles. The number of carbonyl (C=O) groups excluding carboxylic acids is 2. The Morgan fingerprint density at radius 1 is 1.03 bits per heavy atom. The second-order valence-electron chi connectivity index (χ2n) is 6.64. The van der Waals surface area contributed by atoms with Crippen LogP contribution in [0.4, 0.5) is 11.4 Å². The fourth-order valence-corrected chi connectivity index (χ4v) is 4.21. The third kappa shape index (κ3) is 3.60. The normalized spacial score (nSPS) is 13.9. The lowest BCUT2D eigenvalue weighted by molar-refractivity contribution is -0.120. The number of carbonyl (C=O) groups is 2. The van der Waals surface area contributed by atoms with E-state index in [2.05, 4.69) is 5.32 Å². The molecule has 3 aromatic rings. The molecule has 0 bridgehead atoms. The standard InChI is InChI=1S/C23H19ClN2O3S/c1-3-29-16-11-9-15(10-12-16)26-22(27)20(19-8-5-13-30-19)21(23(26)28)25-18-7-4-6-17(24)14(18)2/h4-13,25H,3H2,1-2H3. The number of nitrogens with one attached hydrogen (secondary N) is 1. The number of rotatable bonds is 6. The van der Waals surface area contributed by atoms with Crippen molar-refractivity contribution in [3.8, 4) is 5.75 Å². The molecule has 0 spiro atoms. The number of amides is 2. The van der Waals surface area contributed by atoms with Gasteiger partial charge in [0.15, 0.2) is 0 Å². The van der Waals surface area contributed by atoms with E-state index in [0.29, 0.717) is 34.3 Å². The van der Waals surface area contributed by atoms with Crippen LogP contribution in [0.3, 0.4) is 0 Å². The summed E-state index contributed by atoms with van der Waals surface area (Å²) in [6.45, 7) is 4.30. The number of anilines is 2. The molecule has 2 amide bonds. The van der Waals surface area contributed by atoms with E-state index < -0.39 is 5.91 Å². The molecule has 0 atom stereocenters. The van der Waals surface area contributed by atoms with E-state index in [9.17, 15) is 9.59 Å². The zero-order valence-electron chi connectivity index (χ0n) is 16.4. The molecule has 0 aliphatic carbocycles. The van der Waals surface area contributed by atoms with E-state index in [1.165, 1.54) is 16.2 Å². The van der Waals surface area contributed by atoms with Gasteiger partial charge in [0.1, 0.15) is 11.4 Å². The number of ether oxygens (including phenoxy) is 1. The molecule has 152 valence electrons. The third-order valence-electron chi connectivity index (χ3n) is 4.78. The maximum Gasteiger partial charge on any atom is 0.282 e. The number of halogens is 1. The Morgan fingerprint density at radius 3 is 2.47 bits per heavy atom. The van der Waals surface area contributed by atoms with Gasteiger partial charge in [-0.15, -0.1) is 11.3 Å². The second-order valence-corrected chi connectivity index (χ2v) is 7.99. The predicted octanol–water partition coefficient (Wildman–Crippen LogP) is 5.51. The van der Waals surface area contributed by atoms with E-state index in [-0.39, 0.29) is 11.6 Å². The molecule has 0 saturated heterocycles. The Morgan fingerprint density at radius 2 is 1.80 bits per heavy atom. The fraction of sp³-hybridized carbons (Fsp3) is 0.130. The molecule has 5 nitrogen and oxygen atoms in total. The van der Waals surface area contributed by atoms with Crippen LogP contribution < -0.4 is 15.0 Å². The quantitative estimate of drug-likeness (QED) is 0.516. The topological polar surface area (TPSA) is 58.6 Å². The molecule has 4 rings (SSSR count). The molecule has 0 saturated carbocycles. The van der Waals surface area contributed by atoms with Gasteiger partial charge in [0.05, 0.1) is 17.9 Å². The van der Waals surface area contributed by atoms with Crippen LogP contribution in [0.25, 0.3) is 5.57 Å². The average Bonchev–Trinajstić information content (AvgIpc) is 3.33. The van der Waals surface area contributed by atoms with Crippen LogP contribution in [0.15, 0.2) is 65.7 Å². The first kappa shape index (κ1) is 20.2. The van der Waals surface area contributed by atoms with Crippen molar-refractivity contribution in [2.75, 3.05) is 16.8 Å². The van der Waals surface area contributed by atoms with Crippen LogP contribution in [0.5, 0.6) is 5.75 Å². The number of hydrogen-bond acceptors (Lipinski definition) is 5. The second kappa shape index (κ2) is 8.34. The minimum Gasteiger partial charge on any atom is -0.494 e. The lowest BCUT2D eigenvalue weighted by atomic mass is 10.1. The van der Waals surface area contributed by atoms with Gasteiger partial charge in [-0.3, -0.25) is 9.59 Å². The molecule has 0 unspecified atom stereocenters. The van der Waals surface area contributed by atoms with E-state index in [0.717, 1.165) is 10.4 Å². The van der Waals surface area contributed by atoms with Crippen molar-refractivity contribution in [1.82, 2.24) is 0 Å². The molecule has 1 N–H and O–H groups in total. The maximum atomic E-state index is 13.4. The third-order valence-corrected chi connectivity index (χ3v) is 6.08. The van der Waals surface area contributed by atoms with E-state index in [1.807, 2.05) is 37.4 Å². The highest BCUT2D eigenvalue weighted by Gasteiger charge is 2.40. The Kier molecular flexibility index (Phi) is 5.61. The fourth-order valence-electron chi connectivity index (χ4n) is 3.27. The summed E-state index contributed by atoms with van der Waals surface area (Å²) < 4.78 is 5.46. The van der Waals surface area contributed by atoms with Crippen molar-refractivity contribution >= 4 is 51.7 Å². The summed E-state index contributed by atoms with van der Waals surface area (Å²) in [7, 11) is 0. The highest BCUT2D eigenvalue weighted by Crippen LogP contribution is 2.36. The molecule has 1 aromatic heterocycles. The van der Waals surface area contributed by atoms with Crippen molar-refractivity contribution < 1.29 is 14.3 Å². The number of imide groups is 1. The number of benzene rings is 2. The van der Waals surface area contributed by atoms with Crippen molar-refractivity contribution in [1.29, 1.82) is 0 Å². The first-order chi connectivity index (χ1) is 14.5. The summed E-state index contributed by atoms with van der Waals surface area (Å²) in [5, 5.41) is 5.62. The summed E-state index contributed by atoms with van der Waals surface area (Å²) in [5.74, 6) is -0.0968.